The minimum absolute atomic E-state index is 0.609. The molecule has 0 bridgehead atoms. The number of aliphatic imine (C=N–C) groups is 1. The predicted octanol–water partition coefficient (Wildman–Crippen LogP) is 4.27. The van der Waals surface area contributed by atoms with Crippen molar-refractivity contribution < 1.29 is 0 Å². The Hall–Kier alpha value is -0.760. The Morgan fingerprint density at radius 3 is 2.43 bits per heavy atom. The van der Waals surface area contributed by atoms with Gasteiger partial charge in [-0.1, -0.05) is 39.0 Å². The highest BCUT2D eigenvalue weighted by molar-refractivity contribution is 8.14. The first-order chi connectivity index (χ1) is 6.72. The van der Waals surface area contributed by atoms with Crippen LogP contribution in [0.1, 0.15) is 27.2 Å². The van der Waals surface area contributed by atoms with E-state index in [2.05, 4.69) is 25.8 Å². The van der Waals surface area contributed by atoms with Gasteiger partial charge in [0.1, 0.15) is 0 Å². The van der Waals surface area contributed by atoms with Crippen molar-refractivity contribution in [1.29, 1.82) is 0 Å². The van der Waals surface area contributed by atoms with Gasteiger partial charge in [0.15, 0.2) is 0 Å². The van der Waals surface area contributed by atoms with Crippen LogP contribution in [-0.4, -0.2) is 10.3 Å². The molecular formula is C12H17NS. The molecule has 0 saturated heterocycles. The van der Waals surface area contributed by atoms with Gasteiger partial charge in [0.05, 0.1) is 10.7 Å². The third-order valence-electron chi connectivity index (χ3n) is 1.68. The highest BCUT2D eigenvalue weighted by Crippen LogP contribution is 2.19. The van der Waals surface area contributed by atoms with Crippen LogP contribution in [-0.2, 0) is 0 Å². The molecule has 0 atom stereocenters. The number of hydrogen-bond donors (Lipinski definition) is 0. The van der Waals surface area contributed by atoms with E-state index in [1.807, 2.05) is 42.1 Å². The molecule has 0 unspecified atom stereocenters. The Kier molecular flexibility index (Phi) is 4.74. The van der Waals surface area contributed by atoms with E-state index in [1.165, 1.54) is 5.04 Å². The fraction of sp³-hybridized carbons (Fsp3) is 0.417. The fourth-order valence-electron chi connectivity index (χ4n) is 1.11. The normalized spacial score (nSPS) is 12.1. The SMILES string of the molecule is CCC(=Nc1ccccc1)SC(C)C. The van der Waals surface area contributed by atoms with Gasteiger partial charge in [-0.2, -0.15) is 0 Å². The molecule has 0 aliphatic heterocycles. The molecule has 0 radical (unpaired) electrons. The van der Waals surface area contributed by atoms with E-state index < -0.39 is 0 Å². The lowest BCUT2D eigenvalue weighted by Crippen LogP contribution is -1.96. The Bertz CT molecular complexity index is 290. The van der Waals surface area contributed by atoms with Crippen molar-refractivity contribution in [1.82, 2.24) is 0 Å². The summed E-state index contributed by atoms with van der Waals surface area (Å²) in [6, 6.07) is 10.1. The summed E-state index contributed by atoms with van der Waals surface area (Å²) in [5.41, 5.74) is 1.05. The van der Waals surface area contributed by atoms with Crippen LogP contribution < -0.4 is 0 Å². The third kappa shape index (κ3) is 3.97. The first-order valence-electron chi connectivity index (χ1n) is 5.01. The number of rotatable bonds is 3. The zero-order valence-electron chi connectivity index (χ0n) is 9.03. The quantitative estimate of drug-likeness (QED) is 0.532. The summed E-state index contributed by atoms with van der Waals surface area (Å²) < 4.78 is 0. The van der Waals surface area contributed by atoms with Gasteiger partial charge in [0, 0.05) is 5.25 Å². The van der Waals surface area contributed by atoms with Crippen LogP contribution in [0.3, 0.4) is 0 Å². The highest BCUT2D eigenvalue weighted by Gasteiger charge is 2.01. The van der Waals surface area contributed by atoms with Crippen LogP contribution in [0.4, 0.5) is 5.69 Å². The predicted molar refractivity (Wildman–Crippen MR) is 66.6 cm³/mol. The van der Waals surface area contributed by atoms with Gasteiger partial charge in [-0.15, -0.1) is 11.8 Å². The zero-order valence-corrected chi connectivity index (χ0v) is 9.84. The summed E-state index contributed by atoms with van der Waals surface area (Å²) in [6.07, 6.45) is 1.01. The van der Waals surface area contributed by atoms with Crippen LogP contribution in [0.25, 0.3) is 0 Å². The van der Waals surface area contributed by atoms with E-state index in [0.29, 0.717) is 5.25 Å². The molecule has 1 rings (SSSR count). The average Bonchev–Trinajstić information content (AvgIpc) is 2.17. The second kappa shape index (κ2) is 5.86. The molecule has 1 nitrogen and oxygen atoms in total. The van der Waals surface area contributed by atoms with Crippen LogP contribution in [0.5, 0.6) is 0 Å². The van der Waals surface area contributed by atoms with Crippen molar-refractivity contribution in [3.63, 3.8) is 0 Å². The van der Waals surface area contributed by atoms with Crippen molar-refractivity contribution in [3.05, 3.63) is 30.3 Å². The zero-order chi connectivity index (χ0) is 10.4. The lowest BCUT2D eigenvalue weighted by atomic mass is 10.3. The number of hydrogen-bond acceptors (Lipinski definition) is 2. The summed E-state index contributed by atoms with van der Waals surface area (Å²) in [5.74, 6) is 0. The van der Waals surface area contributed by atoms with Crippen molar-refractivity contribution in [3.8, 4) is 0 Å². The maximum Gasteiger partial charge on any atom is 0.0738 e. The molecule has 0 aliphatic carbocycles. The summed E-state index contributed by atoms with van der Waals surface area (Å²) in [4.78, 5) is 4.60. The molecule has 1 aromatic rings. The molecule has 0 aromatic heterocycles. The summed E-state index contributed by atoms with van der Waals surface area (Å²) in [5, 5.41) is 1.82. The van der Waals surface area contributed by atoms with E-state index in [4.69, 9.17) is 0 Å². The second-order valence-electron chi connectivity index (χ2n) is 3.36. The minimum atomic E-state index is 0.609. The Morgan fingerprint density at radius 1 is 1.29 bits per heavy atom. The van der Waals surface area contributed by atoms with E-state index in [9.17, 15) is 0 Å². The van der Waals surface area contributed by atoms with Crippen LogP contribution >= 0.6 is 11.8 Å². The van der Waals surface area contributed by atoms with Gasteiger partial charge in [-0.3, -0.25) is 0 Å². The molecule has 0 fully saturated rings. The van der Waals surface area contributed by atoms with Crippen LogP contribution in [0.15, 0.2) is 35.3 Å². The topological polar surface area (TPSA) is 12.4 Å². The molecule has 0 N–H and O–H groups in total. The molecule has 0 saturated carbocycles. The number of para-hydroxylation sites is 1. The molecule has 76 valence electrons. The van der Waals surface area contributed by atoms with Gasteiger partial charge in [0.2, 0.25) is 0 Å². The van der Waals surface area contributed by atoms with E-state index >= 15 is 0 Å². The minimum Gasteiger partial charge on any atom is -0.247 e. The number of thioether (sulfide) groups is 1. The first-order valence-corrected chi connectivity index (χ1v) is 5.89. The smallest absolute Gasteiger partial charge is 0.0738 e. The lowest BCUT2D eigenvalue weighted by Gasteiger charge is -2.06. The monoisotopic (exact) mass is 207 g/mol. The van der Waals surface area contributed by atoms with Gasteiger partial charge in [-0.25, -0.2) is 4.99 Å². The average molecular weight is 207 g/mol. The maximum atomic E-state index is 4.60. The molecule has 0 aliphatic rings. The van der Waals surface area contributed by atoms with Gasteiger partial charge in [0.25, 0.3) is 0 Å². The van der Waals surface area contributed by atoms with Gasteiger partial charge >= 0.3 is 0 Å². The molecular weight excluding hydrogens is 190 g/mol. The van der Waals surface area contributed by atoms with Crippen molar-refractivity contribution >= 4 is 22.5 Å². The van der Waals surface area contributed by atoms with E-state index in [-0.39, 0.29) is 0 Å². The highest BCUT2D eigenvalue weighted by atomic mass is 32.2. The Balaban J connectivity index is 2.73. The van der Waals surface area contributed by atoms with Gasteiger partial charge in [-0.05, 0) is 18.6 Å². The molecule has 0 spiro atoms. The Labute approximate surface area is 90.6 Å². The van der Waals surface area contributed by atoms with Crippen molar-refractivity contribution in [2.75, 3.05) is 0 Å². The summed E-state index contributed by atoms with van der Waals surface area (Å²) >= 11 is 1.84. The molecule has 0 heterocycles. The summed E-state index contributed by atoms with van der Waals surface area (Å²) in [7, 11) is 0. The van der Waals surface area contributed by atoms with Gasteiger partial charge < -0.3 is 0 Å². The molecule has 0 amide bonds. The standard InChI is InChI=1S/C12H17NS/c1-4-12(14-10(2)3)13-11-8-6-5-7-9-11/h5-10H,4H2,1-3H3. The van der Waals surface area contributed by atoms with E-state index in [1.54, 1.807) is 0 Å². The molecule has 2 heteroatoms. The third-order valence-corrected chi connectivity index (χ3v) is 2.81. The lowest BCUT2D eigenvalue weighted by molar-refractivity contribution is 1.12. The fourth-order valence-corrected chi connectivity index (χ4v) is 1.98. The van der Waals surface area contributed by atoms with Crippen LogP contribution in [0, 0.1) is 0 Å². The molecule has 14 heavy (non-hydrogen) atoms. The van der Waals surface area contributed by atoms with Crippen molar-refractivity contribution in [2.45, 2.75) is 32.4 Å². The van der Waals surface area contributed by atoms with E-state index in [0.717, 1.165) is 12.1 Å². The maximum absolute atomic E-state index is 4.60. The second-order valence-corrected chi connectivity index (χ2v) is 5.01. The first kappa shape index (κ1) is 11.3. The molecule has 1 aromatic carbocycles. The number of nitrogens with zero attached hydrogens (tertiary/aromatic N) is 1. The summed E-state index contributed by atoms with van der Waals surface area (Å²) in [6.45, 7) is 6.54. The van der Waals surface area contributed by atoms with Crippen molar-refractivity contribution in [2.24, 2.45) is 4.99 Å². The Morgan fingerprint density at radius 2 is 1.93 bits per heavy atom. The van der Waals surface area contributed by atoms with Crippen LogP contribution in [0.2, 0.25) is 0 Å². The number of benzene rings is 1. The largest absolute Gasteiger partial charge is 0.247 e.